The molecule has 0 spiro atoms. The Balaban J connectivity index is 1.64. The number of benzene rings is 2. The Morgan fingerprint density at radius 2 is 1.70 bits per heavy atom. The van der Waals surface area contributed by atoms with E-state index >= 15 is 0 Å². The minimum Gasteiger partial charge on any atom is -0.346 e. The molecule has 3 aromatic rings. The predicted molar refractivity (Wildman–Crippen MR) is 98.8 cm³/mol. The molecule has 0 radical (unpaired) electrons. The number of aromatic nitrogens is 1. The van der Waals surface area contributed by atoms with Crippen LogP contribution in [0, 0.1) is 11.6 Å². The standard InChI is InChI=1S/C19H15F2N3O2S/c1-24(18(26)13-5-3-7-15(21)9-13)19-23-16(11-27-19)10-22-17(25)12-4-2-6-14(20)8-12/h2-9,11H,10H2,1H3,(H,22,25). The van der Waals surface area contributed by atoms with Gasteiger partial charge in [-0.1, -0.05) is 12.1 Å². The van der Waals surface area contributed by atoms with E-state index in [4.69, 9.17) is 0 Å². The maximum absolute atomic E-state index is 13.3. The number of carbonyl (C=O) groups is 2. The van der Waals surface area contributed by atoms with E-state index in [1.807, 2.05) is 0 Å². The zero-order valence-electron chi connectivity index (χ0n) is 14.3. The number of thiazole rings is 1. The molecule has 3 rings (SSSR count). The molecule has 2 amide bonds. The van der Waals surface area contributed by atoms with Gasteiger partial charge in [-0.15, -0.1) is 11.3 Å². The molecule has 0 bridgehead atoms. The molecule has 5 nitrogen and oxygen atoms in total. The zero-order valence-corrected chi connectivity index (χ0v) is 15.1. The van der Waals surface area contributed by atoms with Crippen molar-refractivity contribution in [3.63, 3.8) is 0 Å². The molecule has 0 fully saturated rings. The van der Waals surface area contributed by atoms with Crippen LogP contribution in [-0.2, 0) is 6.54 Å². The highest BCUT2D eigenvalue weighted by molar-refractivity contribution is 7.14. The van der Waals surface area contributed by atoms with Crippen LogP contribution in [0.4, 0.5) is 13.9 Å². The third-order valence-electron chi connectivity index (χ3n) is 3.72. The summed E-state index contributed by atoms with van der Waals surface area (Å²) < 4.78 is 26.5. The van der Waals surface area contributed by atoms with Crippen LogP contribution in [0.3, 0.4) is 0 Å². The first-order chi connectivity index (χ1) is 12.9. The maximum Gasteiger partial charge on any atom is 0.259 e. The van der Waals surface area contributed by atoms with Crippen LogP contribution >= 0.6 is 11.3 Å². The molecule has 138 valence electrons. The molecule has 2 aromatic carbocycles. The average Bonchev–Trinajstić information content (AvgIpc) is 3.14. The second kappa shape index (κ2) is 8.05. The molecule has 0 atom stereocenters. The van der Waals surface area contributed by atoms with Gasteiger partial charge in [-0.2, -0.15) is 0 Å². The summed E-state index contributed by atoms with van der Waals surface area (Å²) in [5.41, 5.74) is 0.983. The number of nitrogens with one attached hydrogen (secondary N) is 1. The van der Waals surface area contributed by atoms with Crippen molar-refractivity contribution in [2.24, 2.45) is 0 Å². The van der Waals surface area contributed by atoms with Gasteiger partial charge in [0.05, 0.1) is 12.2 Å². The monoisotopic (exact) mass is 387 g/mol. The normalized spacial score (nSPS) is 10.5. The Bertz CT molecular complexity index is 990. The van der Waals surface area contributed by atoms with Gasteiger partial charge in [0, 0.05) is 23.6 Å². The number of amides is 2. The van der Waals surface area contributed by atoms with E-state index in [0.29, 0.717) is 10.8 Å². The highest BCUT2D eigenvalue weighted by Crippen LogP contribution is 2.21. The molecule has 0 saturated heterocycles. The van der Waals surface area contributed by atoms with Gasteiger partial charge < -0.3 is 5.32 Å². The Kier molecular flexibility index (Phi) is 5.56. The van der Waals surface area contributed by atoms with E-state index in [-0.39, 0.29) is 23.6 Å². The zero-order chi connectivity index (χ0) is 19.4. The quantitative estimate of drug-likeness (QED) is 0.727. The van der Waals surface area contributed by atoms with Crippen molar-refractivity contribution in [3.8, 4) is 0 Å². The van der Waals surface area contributed by atoms with E-state index in [2.05, 4.69) is 10.3 Å². The maximum atomic E-state index is 13.3. The van der Waals surface area contributed by atoms with Crippen LogP contribution in [0.25, 0.3) is 0 Å². The van der Waals surface area contributed by atoms with Crippen molar-refractivity contribution >= 4 is 28.3 Å². The molecule has 0 aliphatic carbocycles. The third kappa shape index (κ3) is 4.53. The van der Waals surface area contributed by atoms with Crippen LogP contribution in [0.15, 0.2) is 53.9 Å². The molecule has 0 saturated carbocycles. The summed E-state index contributed by atoms with van der Waals surface area (Å²) in [4.78, 5) is 30.1. The summed E-state index contributed by atoms with van der Waals surface area (Å²) in [5, 5.41) is 4.77. The molecule has 1 aromatic heterocycles. The average molecular weight is 387 g/mol. The van der Waals surface area contributed by atoms with Gasteiger partial charge in [0.1, 0.15) is 11.6 Å². The van der Waals surface area contributed by atoms with Crippen molar-refractivity contribution < 1.29 is 18.4 Å². The predicted octanol–water partition coefficient (Wildman–Crippen LogP) is 3.63. The number of anilines is 1. The minimum atomic E-state index is -0.492. The first kappa shape index (κ1) is 18.7. The fraction of sp³-hybridized carbons (Fsp3) is 0.105. The van der Waals surface area contributed by atoms with E-state index in [1.165, 1.54) is 52.6 Å². The Morgan fingerprint density at radius 1 is 1.07 bits per heavy atom. The number of nitrogens with zero attached hydrogens (tertiary/aromatic N) is 2. The highest BCUT2D eigenvalue weighted by Gasteiger charge is 2.17. The Labute approximate surface area is 158 Å². The molecule has 0 unspecified atom stereocenters. The van der Waals surface area contributed by atoms with Crippen LogP contribution in [0.2, 0.25) is 0 Å². The fourth-order valence-corrected chi connectivity index (χ4v) is 3.12. The van der Waals surface area contributed by atoms with Crippen molar-refractivity contribution in [1.82, 2.24) is 10.3 Å². The van der Waals surface area contributed by atoms with Gasteiger partial charge in [-0.05, 0) is 36.4 Å². The van der Waals surface area contributed by atoms with Crippen LogP contribution in [0.1, 0.15) is 26.4 Å². The Morgan fingerprint density at radius 3 is 2.37 bits per heavy atom. The number of halogens is 2. The minimum absolute atomic E-state index is 0.133. The second-order valence-electron chi connectivity index (χ2n) is 5.69. The van der Waals surface area contributed by atoms with Crippen molar-refractivity contribution in [1.29, 1.82) is 0 Å². The lowest BCUT2D eigenvalue weighted by Crippen LogP contribution is -2.26. The van der Waals surface area contributed by atoms with E-state index in [0.717, 1.165) is 12.1 Å². The summed E-state index contributed by atoms with van der Waals surface area (Å²) in [7, 11) is 1.54. The van der Waals surface area contributed by atoms with Crippen LogP contribution in [-0.4, -0.2) is 23.8 Å². The van der Waals surface area contributed by atoms with E-state index < -0.39 is 17.5 Å². The van der Waals surface area contributed by atoms with Gasteiger partial charge in [-0.25, -0.2) is 13.8 Å². The van der Waals surface area contributed by atoms with Crippen molar-refractivity contribution in [2.75, 3.05) is 11.9 Å². The first-order valence-electron chi connectivity index (χ1n) is 7.96. The lowest BCUT2D eigenvalue weighted by atomic mass is 10.2. The summed E-state index contributed by atoms with van der Waals surface area (Å²) >= 11 is 1.22. The first-order valence-corrected chi connectivity index (χ1v) is 8.84. The van der Waals surface area contributed by atoms with Gasteiger partial charge in [0.25, 0.3) is 11.8 Å². The highest BCUT2D eigenvalue weighted by atomic mass is 32.1. The molecule has 0 aliphatic rings. The van der Waals surface area contributed by atoms with Gasteiger partial charge in [-0.3, -0.25) is 14.5 Å². The van der Waals surface area contributed by atoms with Crippen LogP contribution in [0.5, 0.6) is 0 Å². The third-order valence-corrected chi connectivity index (χ3v) is 4.69. The molecular weight excluding hydrogens is 372 g/mol. The van der Waals surface area contributed by atoms with Crippen molar-refractivity contribution in [3.05, 3.63) is 82.4 Å². The largest absolute Gasteiger partial charge is 0.346 e. The lowest BCUT2D eigenvalue weighted by molar-refractivity contribution is 0.0948. The molecule has 0 aliphatic heterocycles. The van der Waals surface area contributed by atoms with Crippen molar-refractivity contribution in [2.45, 2.75) is 6.54 Å². The number of hydrogen-bond acceptors (Lipinski definition) is 4. The van der Waals surface area contributed by atoms with Gasteiger partial charge >= 0.3 is 0 Å². The number of hydrogen-bond donors (Lipinski definition) is 1. The molecule has 8 heteroatoms. The fourth-order valence-electron chi connectivity index (χ4n) is 2.34. The summed E-state index contributed by atoms with van der Waals surface area (Å²) in [5.74, 6) is -1.79. The van der Waals surface area contributed by atoms with E-state index in [9.17, 15) is 18.4 Å². The second-order valence-corrected chi connectivity index (χ2v) is 6.53. The molecular formula is C19H15F2N3O2S. The number of carbonyl (C=O) groups excluding carboxylic acids is 2. The molecule has 1 N–H and O–H groups in total. The SMILES string of the molecule is CN(C(=O)c1cccc(F)c1)c1nc(CNC(=O)c2cccc(F)c2)cs1. The van der Waals surface area contributed by atoms with E-state index in [1.54, 1.807) is 12.4 Å². The van der Waals surface area contributed by atoms with Gasteiger partial charge in [0.2, 0.25) is 0 Å². The topological polar surface area (TPSA) is 62.3 Å². The Hall–Kier alpha value is -3.13. The lowest BCUT2D eigenvalue weighted by Gasteiger charge is -2.13. The molecule has 27 heavy (non-hydrogen) atoms. The van der Waals surface area contributed by atoms with Crippen LogP contribution < -0.4 is 10.2 Å². The number of rotatable bonds is 5. The summed E-state index contributed by atoms with van der Waals surface area (Å²) in [6.07, 6.45) is 0. The molecule has 1 heterocycles. The van der Waals surface area contributed by atoms with Gasteiger partial charge in [0.15, 0.2) is 5.13 Å². The smallest absolute Gasteiger partial charge is 0.259 e. The summed E-state index contributed by atoms with van der Waals surface area (Å²) in [6, 6.07) is 10.8. The summed E-state index contributed by atoms with van der Waals surface area (Å²) in [6.45, 7) is 0.133.